The number of anilines is 1. The lowest BCUT2D eigenvalue weighted by Gasteiger charge is -2.11. The molecule has 7 heteroatoms. The molecule has 0 bridgehead atoms. The quantitative estimate of drug-likeness (QED) is 0.762. The lowest BCUT2D eigenvalue weighted by molar-refractivity contribution is 1.05. The second kappa shape index (κ2) is 4.94. The van der Waals surface area contributed by atoms with Crippen LogP contribution in [0.5, 0.6) is 0 Å². The molecule has 0 amide bonds. The molecule has 0 unspecified atom stereocenters. The number of hydrogen-bond donors (Lipinski definition) is 2. The number of fused-ring (bicyclic) bond motifs is 1. The van der Waals surface area contributed by atoms with Gasteiger partial charge in [-0.3, -0.25) is 4.40 Å². The van der Waals surface area contributed by atoms with Crippen molar-refractivity contribution in [1.29, 1.82) is 0 Å². The average molecular weight is 308 g/mol. The van der Waals surface area contributed by atoms with Gasteiger partial charge in [-0.25, -0.2) is 0 Å². The van der Waals surface area contributed by atoms with Gasteiger partial charge < -0.3 is 11.5 Å². The van der Waals surface area contributed by atoms with E-state index < -0.39 is 0 Å². The Morgan fingerprint density at radius 2 is 1.90 bits per heavy atom. The van der Waals surface area contributed by atoms with Crippen molar-refractivity contribution in [2.75, 3.05) is 5.73 Å². The minimum absolute atomic E-state index is 0.315. The zero-order valence-electron chi connectivity index (χ0n) is 10.3. The van der Waals surface area contributed by atoms with Gasteiger partial charge in [-0.2, -0.15) is 0 Å². The standard InChI is InChI=1S/C13H11Cl2N5/c14-8-1-2-9(11(15)4-8)10-6-20-12(3-7(10)5-16)18-19-13(20)17/h1-4,6H,5,16H2,(H2,17,19). The van der Waals surface area contributed by atoms with E-state index in [1.165, 1.54) is 0 Å². The van der Waals surface area contributed by atoms with E-state index in [1.54, 1.807) is 16.5 Å². The lowest BCUT2D eigenvalue weighted by atomic mass is 10.0. The molecule has 0 fully saturated rings. The van der Waals surface area contributed by atoms with E-state index in [-0.39, 0.29) is 0 Å². The van der Waals surface area contributed by atoms with E-state index in [4.69, 9.17) is 34.7 Å². The number of nitrogens with two attached hydrogens (primary N) is 2. The van der Waals surface area contributed by atoms with Crippen molar-refractivity contribution < 1.29 is 0 Å². The summed E-state index contributed by atoms with van der Waals surface area (Å²) in [7, 11) is 0. The summed E-state index contributed by atoms with van der Waals surface area (Å²) in [5.41, 5.74) is 14.9. The maximum absolute atomic E-state index is 6.26. The minimum Gasteiger partial charge on any atom is -0.368 e. The molecule has 0 saturated carbocycles. The molecule has 0 saturated heterocycles. The fourth-order valence-corrected chi connectivity index (χ4v) is 2.62. The van der Waals surface area contributed by atoms with Gasteiger partial charge in [0.15, 0.2) is 5.65 Å². The van der Waals surface area contributed by atoms with E-state index in [1.807, 2.05) is 18.3 Å². The van der Waals surface area contributed by atoms with Crippen LogP contribution in [-0.4, -0.2) is 14.6 Å². The molecule has 3 rings (SSSR count). The van der Waals surface area contributed by atoms with E-state index >= 15 is 0 Å². The van der Waals surface area contributed by atoms with Gasteiger partial charge in [0.2, 0.25) is 5.95 Å². The van der Waals surface area contributed by atoms with Crippen LogP contribution in [0.15, 0.2) is 30.5 Å². The number of hydrogen-bond acceptors (Lipinski definition) is 4. The van der Waals surface area contributed by atoms with Gasteiger partial charge in [-0.1, -0.05) is 29.3 Å². The molecule has 1 aromatic carbocycles. The SMILES string of the molecule is NCc1cc2nnc(N)n2cc1-c1ccc(Cl)cc1Cl. The Morgan fingerprint density at radius 1 is 1.10 bits per heavy atom. The summed E-state index contributed by atoms with van der Waals surface area (Å²) >= 11 is 12.2. The number of pyridine rings is 1. The number of nitrogens with zero attached hydrogens (tertiary/aromatic N) is 3. The van der Waals surface area contributed by atoms with Gasteiger partial charge in [-0.05, 0) is 23.8 Å². The molecule has 0 aliphatic rings. The highest BCUT2D eigenvalue weighted by atomic mass is 35.5. The fourth-order valence-electron chi connectivity index (χ4n) is 2.11. The van der Waals surface area contributed by atoms with Crippen molar-refractivity contribution in [2.45, 2.75) is 6.54 Å². The molecule has 3 aromatic rings. The third kappa shape index (κ3) is 2.10. The second-order valence-electron chi connectivity index (χ2n) is 4.33. The first-order chi connectivity index (χ1) is 9.60. The second-order valence-corrected chi connectivity index (χ2v) is 5.17. The van der Waals surface area contributed by atoms with Crippen molar-refractivity contribution in [3.63, 3.8) is 0 Å². The van der Waals surface area contributed by atoms with E-state index in [9.17, 15) is 0 Å². The van der Waals surface area contributed by atoms with Crippen molar-refractivity contribution in [3.8, 4) is 11.1 Å². The van der Waals surface area contributed by atoms with Gasteiger partial charge in [-0.15, -0.1) is 10.2 Å². The minimum atomic E-state index is 0.315. The van der Waals surface area contributed by atoms with Crippen LogP contribution in [-0.2, 0) is 6.54 Å². The van der Waals surface area contributed by atoms with Gasteiger partial charge in [0.25, 0.3) is 0 Å². The third-order valence-electron chi connectivity index (χ3n) is 3.10. The molecule has 0 atom stereocenters. The summed E-state index contributed by atoms with van der Waals surface area (Å²) in [5, 5.41) is 8.95. The van der Waals surface area contributed by atoms with Crippen LogP contribution in [0.25, 0.3) is 16.8 Å². The van der Waals surface area contributed by atoms with Crippen molar-refractivity contribution in [3.05, 3.63) is 46.1 Å². The molecule has 2 heterocycles. The molecule has 0 radical (unpaired) electrons. The van der Waals surface area contributed by atoms with Crippen molar-refractivity contribution >= 4 is 34.8 Å². The lowest BCUT2D eigenvalue weighted by Crippen LogP contribution is -2.03. The topological polar surface area (TPSA) is 82.2 Å². The summed E-state index contributed by atoms with van der Waals surface area (Å²) < 4.78 is 1.69. The monoisotopic (exact) mass is 307 g/mol. The fraction of sp³-hybridized carbons (Fsp3) is 0.0769. The highest BCUT2D eigenvalue weighted by Gasteiger charge is 2.12. The summed E-state index contributed by atoms with van der Waals surface area (Å²) in [6.07, 6.45) is 1.84. The van der Waals surface area contributed by atoms with Crippen LogP contribution in [0, 0.1) is 0 Å². The molecule has 102 valence electrons. The molecular weight excluding hydrogens is 297 g/mol. The summed E-state index contributed by atoms with van der Waals surface area (Å²) in [6, 6.07) is 7.18. The predicted octanol–water partition coefficient (Wildman–Crippen LogP) is 2.74. The third-order valence-corrected chi connectivity index (χ3v) is 3.65. The highest BCUT2D eigenvalue weighted by Crippen LogP contribution is 2.33. The Hall–Kier alpha value is -1.82. The van der Waals surface area contributed by atoms with E-state index in [0.29, 0.717) is 28.2 Å². The first kappa shape index (κ1) is 13.2. The maximum atomic E-state index is 6.26. The van der Waals surface area contributed by atoms with Gasteiger partial charge in [0, 0.05) is 33.9 Å². The van der Waals surface area contributed by atoms with Crippen molar-refractivity contribution in [2.24, 2.45) is 5.73 Å². The van der Waals surface area contributed by atoms with Crippen LogP contribution in [0.1, 0.15) is 5.56 Å². The average Bonchev–Trinajstić information content (AvgIpc) is 2.78. The molecule has 0 aliphatic heterocycles. The Morgan fingerprint density at radius 3 is 2.60 bits per heavy atom. The van der Waals surface area contributed by atoms with E-state index in [0.717, 1.165) is 16.7 Å². The number of rotatable bonds is 2. The number of halogens is 2. The van der Waals surface area contributed by atoms with Crippen LogP contribution < -0.4 is 11.5 Å². The Labute approximate surface area is 125 Å². The van der Waals surface area contributed by atoms with Gasteiger partial charge in [0.1, 0.15) is 0 Å². The largest absolute Gasteiger partial charge is 0.368 e. The van der Waals surface area contributed by atoms with Crippen LogP contribution in [0.4, 0.5) is 5.95 Å². The zero-order valence-corrected chi connectivity index (χ0v) is 11.9. The number of aromatic nitrogens is 3. The normalized spacial score (nSPS) is 11.2. The molecule has 5 nitrogen and oxygen atoms in total. The molecule has 0 aliphatic carbocycles. The summed E-state index contributed by atoms with van der Waals surface area (Å²) in [5.74, 6) is 0.315. The number of nitrogen functional groups attached to an aromatic ring is 1. The smallest absolute Gasteiger partial charge is 0.226 e. The molecule has 0 spiro atoms. The van der Waals surface area contributed by atoms with Crippen molar-refractivity contribution in [1.82, 2.24) is 14.6 Å². The summed E-state index contributed by atoms with van der Waals surface area (Å²) in [6.45, 7) is 0.359. The first-order valence-corrected chi connectivity index (χ1v) is 6.64. The predicted molar refractivity (Wildman–Crippen MR) is 80.7 cm³/mol. The first-order valence-electron chi connectivity index (χ1n) is 5.89. The zero-order chi connectivity index (χ0) is 14.3. The number of benzene rings is 1. The van der Waals surface area contributed by atoms with Crippen LogP contribution in [0.3, 0.4) is 0 Å². The Balaban J connectivity index is 2.30. The summed E-state index contributed by atoms with van der Waals surface area (Å²) in [4.78, 5) is 0. The van der Waals surface area contributed by atoms with Gasteiger partial charge in [0.05, 0.1) is 0 Å². The Kier molecular flexibility index (Phi) is 3.25. The Bertz CT molecular complexity index is 797. The molecular formula is C13H11Cl2N5. The van der Waals surface area contributed by atoms with Crippen LogP contribution >= 0.6 is 23.2 Å². The highest BCUT2D eigenvalue weighted by molar-refractivity contribution is 6.36. The molecule has 2 aromatic heterocycles. The van der Waals surface area contributed by atoms with Gasteiger partial charge >= 0.3 is 0 Å². The molecule has 4 N–H and O–H groups in total. The van der Waals surface area contributed by atoms with E-state index in [2.05, 4.69) is 10.2 Å². The maximum Gasteiger partial charge on any atom is 0.226 e. The molecule has 20 heavy (non-hydrogen) atoms. The van der Waals surface area contributed by atoms with Crippen LogP contribution in [0.2, 0.25) is 10.0 Å².